The van der Waals surface area contributed by atoms with Crippen molar-refractivity contribution in [2.75, 3.05) is 12.3 Å². The number of amides is 3. The third kappa shape index (κ3) is 7.65. The summed E-state index contributed by atoms with van der Waals surface area (Å²) in [4.78, 5) is 41.6. The van der Waals surface area contributed by atoms with Crippen LogP contribution >= 0.6 is 12.6 Å². The number of hydrogen-bond acceptors (Lipinski definition) is 5. The van der Waals surface area contributed by atoms with Crippen LogP contribution < -0.4 is 10.6 Å². The Labute approximate surface area is 209 Å². The number of benzene rings is 1. The maximum Gasteiger partial charge on any atom is 0.408 e. The number of carbonyl (C=O) groups is 3. The SMILES string of the molecule is CCCCNC(=O)C(c1cc(C)ccc1C)N(C(=O)C(CS)NC(=O)OC(C)(C)C)C1CCC1. The number of hydrogen-bond donors (Lipinski definition) is 3. The number of alkyl carbamates (subject to hydrolysis) is 1. The molecule has 0 aromatic heterocycles. The Hall–Kier alpha value is -2.22. The van der Waals surface area contributed by atoms with Crippen LogP contribution in [0.5, 0.6) is 0 Å². The van der Waals surface area contributed by atoms with Gasteiger partial charge in [0, 0.05) is 18.3 Å². The van der Waals surface area contributed by atoms with Crippen LogP contribution in [0.3, 0.4) is 0 Å². The fourth-order valence-corrected chi connectivity index (χ4v) is 4.20. The lowest BCUT2D eigenvalue weighted by molar-refractivity contribution is -0.147. The van der Waals surface area contributed by atoms with E-state index >= 15 is 0 Å². The minimum atomic E-state index is -0.908. The van der Waals surface area contributed by atoms with Gasteiger partial charge in [0.2, 0.25) is 11.8 Å². The van der Waals surface area contributed by atoms with Crippen LogP contribution in [0.2, 0.25) is 0 Å². The highest BCUT2D eigenvalue weighted by atomic mass is 32.1. The highest BCUT2D eigenvalue weighted by Gasteiger charge is 2.42. The Kier molecular flexibility index (Phi) is 10.3. The molecular weight excluding hydrogens is 450 g/mol. The summed E-state index contributed by atoms with van der Waals surface area (Å²) in [6, 6.07) is 4.20. The van der Waals surface area contributed by atoms with Crippen molar-refractivity contribution >= 4 is 30.5 Å². The number of aryl methyl sites for hydroxylation is 2. The summed E-state index contributed by atoms with van der Waals surface area (Å²) in [5.41, 5.74) is 2.08. The molecule has 0 spiro atoms. The number of nitrogens with zero attached hydrogens (tertiary/aromatic N) is 1. The first-order chi connectivity index (χ1) is 16.0. The Morgan fingerprint density at radius 3 is 2.41 bits per heavy atom. The van der Waals surface area contributed by atoms with E-state index in [-0.39, 0.29) is 23.6 Å². The summed E-state index contributed by atoms with van der Waals surface area (Å²) in [6.45, 7) is 11.9. The van der Waals surface area contributed by atoms with Gasteiger partial charge < -0.3 is 20.3 Å². The minimum Gasteiger partial charge on any atom is -0.444 e. The molecule has 1 aliphatic rings. The third-order valence-electron chi connectivity index (χ3n) is 5.98. The first-order valence-corrected chi connectivity index (χ1v) is 12.9. The molecule has 2 unspecified atom stereocenters. The Morgan fingerprint density at radius 2 is 1.88 bits per heavy atom. The zero-order valence-corrected chi connectivity index (χ0v) is 22.3. The predicted octanol–water partition coefficient (Wildman–Crippen LogP) is 4.47. The van der Waals surface area contributed by atoms with Crippen LogP contribution in [0.15, 0.2) is 18.2 Å². The van der Waals surface area contributed by atoms with Gasteiger partial charge in [-0.05, 0) is 71.4 Å². The van der Waals surface area contributed by atoms with Gasteiger partial charge in [0.1, 0.15) is 17.7 Å². The van der Waals surface area contributed by atoms with Gasteiger partial charge in [-0.25, -0.2) is 4.79 Å². The number of ether oxygens (including phenoxy) is 1. The Morgan fingerprint density at radius 1 is 1.21 bits per heavy atom. The minimum absolute atomic E-state index is 0.0721. The van der Waals surface area contributed by atoms with Crippen molar-refractivity contribution < 1.29 is 19.1 Å². The van der Waals surface area contributed by atoms with Gasteiger partial charge in [-0.2, -0.15) is 12.6 Å². The van der Waals surface area contributed by atoms with Gasteiger partial charge in [-0.3, -0.25) is 9.59 Å². The summed E-state index contributed by atoms with van der Waals surface area (Å²) >= 11 is 4.35. The molecule has 190 valence electrons. The van der Waals surface area contributed by atoms with E-state index < -0.39 is 23.8 Å². The summed E-state index contributed by atoms with van der Waals surface area (Å²) in [5, 5.41) is 5.70. The topological polar surface area (TPSA) is 87.7 Å². The Balaban J connectivity index is 2.44. The maximum atomic E-state index is 13.9. The van der Waals surface area contributed by atoms with E-state index in [1.54, 1.807) is 25.7 Å². The lowest BCUT2D eigenvalue weighted by Gasteiger charge is -2.44. The standard InChI is InChI=1S/C26H41N3O4S/c1-7-8-14-27-23(30)22(20-15-17(2)12-13-18(20)3)29(19-10-9-11-19)24(31)21(16-34)28-25(32)33-26(4,5)6/h12-13,15,19,21-22,34H,7-11,14,16H2,1-6H3,(H,27,30)(H,28,32). The van der Waals surface area contributed by atoms with Crippen LogP contribution in [0.1, 0.15) is 82.5 Å². The van der Waals surface area contributed by atoms with Crippen molar-refractivity contribution in [2.45, 2.75) is 97.4 Å². The monoisotopic (exact) mass is 491 g/mol. The molecule has 0 bridgehead atoms. The van der Waals surface area contributed by atoms with Crippen LogP contribution in [-0.2, 0) is 14.3 Å². The Bertz CT molecular complexity index is 864. The zero-order valence-electron chi connectivity index (χ0n) is 21.4. The molecule has 0 heterocycles. The maximum absolute atomic E-state index is 13.9. The average molecular weight is 492 g/mol. The normalized spacial score (nSPS) is 15.6. The van der Waals surface area contributed by atoms with Gasteiger partial charge >= 0.3 is 6.09 Å². The van der Waals surface area contributed by atoms with Crippen molar-refractivity contribution in [3.05, 3.63) is 34.9 Å². The molecule has 1 aromatic rings. The number of nitrogens with one attached hydrogen (secondary N) is 2. The van der Waals surface area contributed by atoms with E-state index in [9.17, 15) is 14.4 Å². The predicted molar refractivity (Wildman–Crippen MR) is 138 cm³/mol. The lowest BCUT2D eigenvalue weighted by Crippen LogP contribution is -2.58. The van der Waals surface area contributed by atoms with Crippen LogP contribution in [-0.4, -0.2) is 52.8 Å². The molecule has 0 radical (unpaired) electrons. The molecule has 2 rings (SSSR count). The van der Waals surface area contributed by atoms with Gasteiger partial charge in [-0.15, -0.1) is 0 Å². The highest BCUT2D eigenvalue weighted by Crippen LogP contribution is 2.35. The van der Waals surface area contributed by atoms with E-state index in [1.807, 2.05) is 32.0 Å². The molecule has 1 aliphatic carbocycles. The van der Waals surface area contributed by atoms with Crippen LogP contribution in [0, 0.1) is 13.8 Å². The molecule has 8 heteroatoms. The van der Waals surface area contributed by atoms with Crippen LogP contribution in [0.25, 0.3) is 0 Å². The third-order valence-corrected chi connectivity index (χ3v) is 6.34. The van der Waals surface area contributed by atoms with E-state index in [4.69, 9.17) is 4.74 Å². The van der Waals surface area contributed by atoms with Gasteiger partial charge in [0.05, 0.1) is 0 Å². The van der Waals surface area contributed by atoms with Gasteiger partial charge in [0.25, 0.3) is 0 Å². The summed E-state index contributed by atoms with van der Waals surface area (Å²) in [7, 11) is 0. The van der Waals surface area contributed by atoms with Crippen molar-refractivity contribution in [3.8, 4) is 0 Å². The quantitative estimate of drug-likeness (QED) is 0.333. The van der Waals surface area contributed by atoms with Crippen molar-refractivity contribution in [1.82, 2.24) is 15.5 Å². The zero-order chi connectivity index (χ0) is 25.5. The first-order valence-electron chi connectivity index (χ1n) is 12.3. The summed E-state index contributed by atoms with van der Waals surface area (Å²) in [5.74, 6) is -0.419. The lowest BCUT2D eigenvalue weighted by atomic mass is 9.87. The fourth-order valence-electron chi connectivity index (χ4n) is 3.96. The fraction of sp³-hybridized carbons (Fsp3) is 0.654. The highest BCUT2D eigenvalue weighted by molar-refractivity contribution is 7.80. The average Bonchev–Trinajstić information content (AvgIpc) is 2.71. The molecule has 7 nitrogen and oxygen atoms in total. The number of rotatable bonds is 10. The second-order valence-corrected chi connectivity index (χ2v) is 10.5. The smallest absolute Gasteiger partial charge is 0.408 e. The second kappa shape index (κ2) is 12.5. The molecule has 1 saturated carbocycles. The number of carbonyl (C=O) groups excluding carboxylic acids is 3. The second-order valence-electron chi connectivity index (χ2n) is 10.1. The van der Waals surface area contributed by atoms with Crippen molar-refractivity contribution in [3.63, 3.8) is 0 Å². The molecule has 0 aliphatic heterocycles. The van der Waals surface area contributed by atoms with Crippen molar-refractivity contribution in [2.24, 2.45) is 0 Å². The van der Waals surface area contributed by atoms with E-state index in [2.05, 4.69) is 30.2 Å². The molecule has 34 heavy (non-hydrogen) atoms. The summed E-state index contributed by atoms with van der Waals surface area (Å²) < 4.78 is 5.36. The molecule has 3 amide bonds. The first kappa shape index (κ1) is 28.0. The van der Waals surface area contributed by atoms with Crippen molar-refractivity contribution in [1.29, 1.82) is 0 Å². The van der Waals surface area contributed by atoms with Gasteiger partial charge in [-0.1, -0.05) is 37.1 Å². The largest absolute Gasteiger partial charge is 0.444 e. The van der Waals surface area contributed by atoms with E-state index in [1.165, 1.54) is 0 Å². The molecule has 2 N–H and O–H groups in total. The molecule has 2 atom stereocenters. The number of thiol groups is 1. The molecular formula is C26H41N3O4S. The molecule has 0 saturated heterocycles. The molecule has 1 aromatic carbocycles. The molecule has 1 fully saturated rings. The number of unbranched alkanes of at least 4 members (excludes halogenated alkanes) is 1. The summed E-state index contributed by atoms with van der Waals surface area (Å²) in [6.07, 6.45) is 3.78. The van der Waals surface area contributed by atoms with E-state index in [0.717, 1.165) is 48.8 Å². The van der Waals surface area contributed by atoms with E-state index in [0.29, 0.717) is 6.54 Å². The van der Waals surface area contributed by atoms with Gasteiger partial charge in [0.15, 0.2) is 0 Å². The van der Waals surface area contributed by atoms with Crippen LogP contribution in [0.4, 0.5) is 4.79 Å².